The van der Waals surface area contributed by atoms with E-state index in [9.17, 15) is 49.2 Å². The van der Waals surface area contributed by atoms with Crippen molar-refractivity contribution in [1.82, 2.24) is 5.32 Å². The summed E-state index contributed by atoms with van der Waals surface area (Å²) in [5.74, 6) is -5.46. The summed E-state index contributed by atoms with van der Waals surface area (Å²) < 4.78 is 40.1. The summed E-state index contributed by atoms with van der Waals surface area (Å²) in [6.45, 7) is 4.39. The van der Waals surface area contributed by atoms with Gasteiger partial charge in [-0.15, -0.1) is 0 Å². The van der Waals surface area contributed by atoms with E-state index in [1.54, 1.807) is 78.9 Å². The van der Waals surface area contributed by atoms with Gasteiger partial charge >= 0.3 is 19.8 Å². The van der Waals surface area contributed by atoms with Crippen LogP contribution in [0.15, 0.2) is 102 Å². The average Bonchev–Trinajstić information content (AvgIpc) is 3.24. The molecule has 1 aliphatic heterocycles. The molecule has 3 aliphatic carbocycles. The van der Waals surface area contributed by atoms with Gasteiger partial charge in [0.2, 0.25) is 0 Å². The summed E-state index contributed by atoms with van der Waals surface area (Å²) in [5.41, 5.74) is -7.61. The Morgan fingerprint density at radius 2 is 1.45 bits per heavy atom. The summed E-state index contributed by atoms with van der Waals surface area (Å²) in [6.07, 6.45) is -10.9. The van der Waals surface area contributed by atoms with Crippen molar-refractivity contribution in [2.75, 3.05) is 13.4 Å². The molecule has 1 amide bonds. The van der Waals surface area contributed by atoms with Gasteiger partial charge in [-0.1, -0.05) is 80.6 Å². The van der Waals surface area contributed by atoms with E-state index in [4.69, 9.17) is 18.9 Å². The van der Waals surface area contributed by atoms with Crippen LogP contribution in [0.5, 0.6) is 0 Å². The number of aliphatic hydroxyl groups excluding tert-OH is 2. The van der Waals surface area contributed by atoms with Gasteiger partial charge in [-0.2, -0.15) is 0 Å². The van der Waals surface area contributed by atoms with Crippen LogP contribution in [-0.2, 0) is 37.6 Å². The number of rotatable bonds is 12. The van der Waals surface area contributed by atoms with E-state index in [0.717, 1.165) is 0 Å². The van der Waals surface area contributed by atoms with Gasteiger partial charge in [-0.25, -0.2) is 14.2 Å². The third kappa shape index (κ3) is 9.75. The first kappa shape index (κ1) is 53.2. The van der Waals surface area contributed by atoms with Gasteiger partial charge in [-0.3, -0.25) is 14.1 Å². The molecule has 20 heteroatoms. The number of phosphoric ester groups is 1. The number of aliphatic hydroxyl groups is 4. The first-order valence-electron chi connectivity index (χ1n) is 20.0. The number of benzene rings is 3. The Hall–Kier alpha value is -1.77. The van der Waals surface area contributed by atoms with Crippen LogP contribution in [0.4, 0.5) is 0 Å². The van der Waals surface area contributed by atoms with Gasteiger partial charge in [0.25, 0.3) is 5.91 Å². The fourth-order valence-electron chi connectivity index (χ4n) is 9.94. The number of Topliss-reactive ketones (excluding diaryl/α,β-unsaturated/α-hetero) is 1. The SMILES string of the molecule is CC1=C2C(O)C(=O)[C@]3(C)C(OCOP(=O)(O)O)CC4OCC4(O)C3C(OC(=O)c3ccccc3)C(O)(CC1OC(=O)C(O)C(NC(=O)c1ccccc1)c1ccccc1)C2(C)C.[Ac].[Ac]. The Labute approximate surface area is 441 Å². The molecule has 1 heterocycles. The molecule has 1 saturated heterocycles. The molecule has 11 atom stereocenters. The second kappa shape index (κ2) is 20.4. The maximum atomic E-state index is 15.2. The maximum absolute atomic E-state index is 15.2. The fraction of sp³-hybridized carbons (Fsp3) is 0.455. The molecule has 3 aromatic rings. The molecule has 338 valence electrons. The van der Waals surface area contributed by atoms with E-state index in [-0.39, 0.29) is 117 Å². The standard InChI is InChI=1S/C44H50NO16P.2Ac/c1-24-28(60-40(51)34(47)32(25-14-8-5-9-15-25)45-38(49)26-16-10-6-11-17-26)21-44(53)37(61-39(50)27-18-12-7-13-19-27)35-42(4,36(48)33(46)31(24)41(44,2)3)29(58-23-59-62(54,55)56)20-30-43(35,52)22-57-30;;/h5-19,28-30,32-35,37,46-47,52-53H,20-23H2,1-4H3,(H,45,49)(H2,54,55,56);;/t28?,29?,30?,32?,33?,34?,35?,37?,42-,43?,44?;;/m1../s1. The van der Waals surface area contributed by atoms with Crippen molar-refractivity contribution in [1.29, 1.82) is 0 Å². The monoisotopic (exact) mass is 1330 g/mol. The zero-order valence-electron chi connectivity index (χ0n) is 35.5. The van der Waals surface area contributed by atoms with Gasteiger partial charge in [0.15, 0.2) is 18.7 Å². The molecule has 3 aromatic carbocycles. The molecular formula is C44H50Ac2NO16P. The molecule has 0 aromatic heterocycles. The first-order valence-corrected chi connectivity index (χ1v) is 21.5. The molecule has 0 spiro atoms. The number of amides is 1. The summed E-state index contributed by atoms with van der Waals surface area (Å²) in [6, 6.07) is 22.7. The molecule has 2 bridgehead atoms. The molecular weight excluding hydrogens is 1280 g/mol. The maximum Gasteiger partial charge on any atom is 0.471 e. The van der Waals surface area contributed by atoms with Crippen molar-refractivity contribution in [3.05, 3.63) is 119 Å². The van der Waals surface area contributed by atoms with Crippen molar-refractivity contribution >= 4 is 31.5 Å². The number of carbonyl (C=O) groups is 4. The summed E-state index contributed by atoms with van der Waals surface area (Å²) in [5, 5.41) is 52.7. The Bertz CT molecular complexity index is 2280. The van der Waals surface area contributed by atoms with Crippen LogP contribution >= 0.6 is 7.82 Å². The Morgan fingerprint density at radius 3 is 2.00 bits per heavy atom. The van der Waals surface area contributed by atoms with Crippen LogP contribution in [0.25, 0.3) is 0 Å². The smallest absolute Gasteiger partial charge is 0.456 e. The molecule has 7 N–H and O–H groups in total. The number of hydrogen-bond donors (Lipinski definition) is 7. The summed E-state index contributed by atoms with van der Waals surface area (Å²) in [4.78, 5) is 75.7. The average molecular weight is 1330 g/mol. The van der Waals surface area contributed by atoms with Gasteiger partial charge in [0.1, 0.15) is 29.5 Å². The topological polar surface area (TPSA) is 265 Å². The van der Waals surface area contributed by atoms with E-state index in [0.29, 0.717) is 5.56 Å². The van der Waals surface area contributed by atoms with Crippen LogP contribution in [0.1, 0.15) is 72.9 Å². The fourth-order valence-corrected chi connectivity index (χ4v) is 10.1. The van der Waals surface area contributed by atoms with Crippen LogP contribution < -0.4 is 5.32 Å². The Morgan fingerprint density at radius 1 is 0.891 bits per heavy atom. The zero-order valence-corrected chi connectivity index (χ0v) is 45.9. The first-order chi connectivity index (χ1) is 29.1. The number of fused-ring (bicyclic) bond motifs is 5. The molecule has 7 rings (SSSR count). The van der Waals surface area contributed by atoms with Crippen LogP contribution in [0, 0.1) is 105 Å². The van der Waals surface area contributed by atoms with Crippen molar-refractivity contribution < 1.29 is 166 Å². The molecule has 3 fully saturated rings. The summed E-state index contributed by atoms with van der Waals surface area (Å²) >= 11 is 0. The van der Waals surface area contributed by atoms with Crippen molar-refractivity contribution in [2.45, 2.75) is 94.4 Å². The van der Waals surface area contributed by atoms with Gasteiger partial charge in [-0.05, 0) is 54.8 Å². The minimum absolute atomic E-state index is 0. The van der Waals surface area contributed by atoms with E-state index < -0.39 is 122 Å². The second-order valence-corrected chi connectivity index (χ2v) is 18.3. The number of phosphoric acid groups is 1. The van der Waals surface area contributed by atoms with Crippen LogP contribution in [0.2, 0.25) is 0 Å². The minimum atomic E-state index is -5.09. The Balaban J connectivity index is 0.00000385. The molecule has 64 heavy (non-hydrogen) atoms. The third-order valence-electron chi connectivity index (χ3n) is 13.4. The molecule has 17 nitrogen and oxygen atoms in total. The number of ether oxygens (including phenoxy) is 4. The predicted octanol–water partition coefficient (Wildman–Crippen LogP) is 2.69. The second-order valence-electron chi connectivity index (χ2n) is 17.1. The third-order valence-corrected chi connectivity index (χ3v) is 13.8. The number of nitrogens with one attached hydrogen (secondary N) is 1. The predicted molar refractivity (Wildman–Crippen MR) is 215 cm³/mol. The number of hydrogen-bond acceptors (Lipinski definition) is 14. The molecule has 10 unspecified atom stereocenters. The van der Waals surface area contributed by atoms with Crippen molar-refractivity contribution in [3.8, 4) is 0 Å². The van der Waals surface area contributed by atoms with Crippen LogP contribution in [-0.4, -0.2) is 115 Å². The number of ketones is 1. The largest absolute Gasteiger partial charge is 0.471 e. The van der Waals surface area contributed by atoms with E-state index >= 15 is 4.79 Å². The van der Waals surface area contributed by atoms with E-state index in [1.165, 1.54) is 39.8 Å². The number of esters is 2. The zero-order chi connectivity index (χ0) is 45.0. The van der Waals surface area contributed by atoms with Gasteiger partial charge in [0, 0.05) is 118 Å². The minimum Gasteiger partial charge on any atom is -0.456 e. The van der Waals surface area contributed by atoms with Crippen LogP contribution in [0.3, 0.4) is 0 Å². The van der Waals surface area contributed by atoms with E-state index in [1.807, 2.05) is 0 Å². The van der Waals surface area contributed by atoms with Gasteiger partial charge in [0.05, 0.1) is 35.8 Å². The van der Waals surface area contributed by atoms with Gasteiger partial charge < -0.3 is 54.5 Å². The van der Waals surface area contributed by atoms with Crippen molar-refractivity contribution in [3.63, 3.8) is 0 Å². The quantitative estimate of drug-likeness (QED) is 0.0595. The molecule has 4 aliphatic rings. The normalized spacial score (nSPS) is 31.4. The Kier molecular flexibility index (Phi) is 17.0. The number of carbonyl (C=O) groups excluding carboxylic acids is 4. The molecule has 2 saturated carbocycles. The molecule has 2 radical (unpaired) electrons. The summed E-state index contributed by atoms with van der Waals surface area (Å²) in [7, 11) is -5.09. The van der Waals surface area contributed by atoms with E-state index in [2.05, 4.69) is 9.84 Å². The van der Waals surface area contributed by atoms with Crippen molar-refractivity contribution in [2.24, 2.45) is 16.7 Å².